The summed E-state index contributed by atoms with van der Waals surface area (Å²) in [4.78, 5) is 25.8. The normalized spacial score (nSPS) is 14.8. The van der Waals surface area contributed by atoms with E-state index in [2.05, 4.69) is 10.6 Å². The highest BCUT2D eigenvalue weighted by molar-refractivity contribution is 5.88. The maximum absolute atomic E-state index is 13.0. The Morgan fingerprint density at radius 3 is 2.17 bits per heavy atom. The Balaban J connectivity index is 2.32. The van der Waals surface area contributed by atoms with Crippen LogP contribution in [0.15, 0.2) is 60.7 Å². The van der Waals surface area contributed by atoms with Gasteiger partial charge >= 0.3 is 12.0 Å². The smallest absolute Gasteiger partial charge is 0.337 e. The van der Waals surface area contributed by atoms with Crippen LogP contribution in [0.4, 0.5) is 4.79 Å². The minimum atomic E-state index is -1.81. The monoisotopic (exact) mass is 414 g/mol. The van der Waals surface area contributed by atoms with E-state index in [1.807, 2.05) is 55.5 Å². The second-order valence-corrected chi connectivity index (χ2v) is 6.89. The van der Waals surface area contributed by atoms with Crippen molar-refractivity contribution in [2.45, 2.75) is 45.1 Å². The molecule has 0 bridgehead atoms. The highest BCUT2D eigenvalue weighted by atomic mass is 16.6. The number of rotatable bonds is 10. The summed E-state index contributed by atoms with van der Waals surface area (Å²) in [6.07, 6.45) is -1.60. The summed E-state index contributed by atoms with van der Waals surface area (Å²) in [5.41, 5.74) is -0.169. The molecule has 0 heterocycles. The van der Waals surface area contributed by atoms with Crippen molar-refractivity contribution in [1.29, 1.82) is 0 Å². The molecule has 0 saturated heterocycles. The quantitative estimate of drug-likeness (QED) is 0.410. The molecule has 2 aromatic rings. The van der Waals surface area contributed by atoms with Gasteiger partial charge in [-0.05, 0) is 31.9 Å². The van der Waals surface area contributed by atoms with Gasteiger partial charge in [-0.1, -0.05) is 60.7 Å². The number of ether oxygens (including phenoxy) is 2. The number of aliphatic hydroxyl groups excluding tert-OH is 1. The van der Waals surface area contributed by atoms with Gasteiger partial charge in [0, 0.05) is 13.0 Å². The standard InChI is InChI=1S/C23H30N2O5/c1-4-29-20(26)23(21(27)30-5-2,16-18-12-8-6-9-13-18)25-22(28)24-17(3)19-14-10-7-11-15-19/h6-15,17,20,26H,4-5,16H2,1-3H3,(H2,24,25,28)/t17-,20?,23?/m1/s1. The lowest BCUT2D eigenvalue weighted by Gasteiger charge is -2.36. The zero-order chi connectivity index (χ0) is 22.0. The van der Waals surface area contributed by atoms with E-state index in [4.69, 9.17) is 9.47 Å². The number of hydrogen-bond donors (Lipinski definition) is 3. The minimum absolute atomic E-state index is 0.000970. The van der Waals surface area contributed by atoms with E-state index < -0.39 is 23.8 Å². The number of urea groups is 1. The number of hydrogen-bond acceptors (Lipinski definition) is 5. The Labute approximate surface area is 177 Å². The molecule has 162 valence electrons. The van der Waals surface area contributed by atoms with Crippen LogP contribution < -0.4 is 10.6 Å². The molecule has 2 rings (SSSR count). The molecule has 3 N–H and O–H groups in total. The first-order valence-electron chi connectivity index (χ1n) is 10.1. The summed E-state index contributed by atoms with van der Waals surface area (Å²) in [5, 5.41) is 16.2. The van der Waals surface area contributed by atoms with Crippen LogP contribution in [0.1, 0.15) is 37.9 Å². The summed E-state index contributed by atoms with van der Waals surface area (Å²) in [6.45, 7) is 5.44. The predicted octanol–water partition coefficient (Wildman–Crippen LogP) is 2.95. The molecule has 0 spiro atoms. The Hall–Kier alpha value is -2.90. The van der Waals surface area contributed by atoms with E-state index in [-0.39, 0.29) is 25.7 Å². The Morgan fingerprint density at radius 2 is 1.60 bits per heavy atom. The number of amides is 2. The van der Waals surface area contributed by atoms with Crippen LogP contribution >= 0.6 is 0 Å². The van der Waals surface area contributed by atoms with Gasteiger partial charge in [-0.2, -0.15) is 0 Å². The molecule has 0 aliphatic carbocycles. The third-order valence-corrected chi connectivity index (χ3v) is 4.70. The molecule has 3 atom stereocenters. The van der Waals surface area contributed by atoms with Gasteiger partial charge in [0.25, 0.3) is 0 Å². The summed E-state index contributed by atoms with van der Waals surface area (Å²) < 4.78 is 10.6. The van der Waals surface area contributed by atoms with Gasteiger partial charge in [0.1, 0.15) is 0 Å². The maximum atomic E-state index is 13.0. The van der Waals surface area contributed by atoms with E-state index in [1.54, 1.807) is 26.0 Å². The van der Waals surface area contributed by atoms with Crippen molar-refractivity contribution in [1.82, 2.24) is 10.6 Å². The van der Waals surface area contributed by atoms with Crippen molar-refractivity contribution in [3.05, 3.63) is 71.8 Å². The molecule has 7 nitrogen and oxygen atoms in total. The Morgan fingerprint density at radius 1 is 1.00 bits per heavy atom. The highest BCUT2D eigenvalue weighted by Gasteiger charge is 2.49. The van der Waals surface area contributed by atoms with Crippen LogP contribution in [-0.4, -0.2) is 42.1 Å². The topological polar surface area (TPSA) is 96.9 Å². The number of aliphatic hydroxyl groups is 1. The fourth-order valence-corrected chi connectivity index (χ4v) is 3.16. The van der Waals surface area contributed by atoms with Crippen molar-refractivity contribution < 1.29 is 24.2 Å². The first-order chi connectivity index (χ1) is 14.4. The van der Waals surface area contributed by atoms with E-state index in [0.717, 1.165) is 11.1 Å². The molecule has 0 fully saturated rings. The van der Waals surface area contributed by atoms with Crippen molar-refractivity contribution in [2.75, 3.05) is 13.2 Å². The lowest BCUT2D eigenvalue weighted by atomic mass is 9.89. The number of nitrogens with one attached hydrogen (secondary N) is 2. The fourth-order valence-electron chi connectivity index (χ4n) is 3.16. The molecular formula is C23H30N2O5. The van der Waals surface area contributed by atoms with Gasteiger partial charge in [-0.25, -0.2) is 9.59 Å². The van der Waals surface area contributed by atoms with Crippen molar-refractivity contribution in [2.24, 2.45) is 0 Å². The van der Waals surface area contributed by atoms with Crippen molar-refractivity contribution in [3.8, 4) is 0 Å². The largest absolute Gasteiger partial charge is 0.464 e. The first kappa shape index (κ1) is 23.4. The molecule has 0 radical (unpaired) electrons. The lowest BCUT2D eigenvalue weighted by molar-refractivity contribution is -0.183. The van der Waals surface area contributed by atoms with Crippen LogP contribution in [0.3, 0.4) is 0 Å². The molecule has 30 heavy (non-hydrogen) atoms. The van der Waals surface area contributed by atoms with Gasteiger partial charge in [0.2, 0.25) is 0 Å². The molecule has 0 aromatic heterocycles. The molecule has 2 unspecified atom stereocenters. The summed E-state index contributed by atoms with van der Waals surface area (Å²) in [6, 6.07) is 17.6. The fraction of sp³-hybridized carbons (Fsp3) is 0.391. The van der Waals surface area contributed by atoms with E-state index >= 15 is 0 Å². The zero-order valence-corrected chi connectivity index (χ0v) is 17.6. The van der Waals surface area contributed by atoms with E-state index in [1.165, 1.54) is 0 Å². The third kappa shape index (κ3) is 6.05. The lowest BCUT2D eigenvalue weighted by Crippen LogP contribution is -2.66. The molecule has 7 heteroatoms. The second-order valence-electron chi connectivity index (χ2n) is 6.89. The molecule has 0 aliphatic heterocycles. The van der Waals surface area contributed by atoms with E-state index in [9.17, 15) is 14.7 Å². The van der Waals surface area contributed by atoms with Crippen LogP contribution in [-0.2, 0) is 20.7 Å². The summed E-state index contributed by atoms with van der Waals surface area (Å²) in [7, 11) is 0. The molecule has 2 amide bonds. The molecule has 2 aromatic carbocycles. The number of carbonyl (C=O) groups is 2. The maximum Gasteiger partial charge on any atom is 0.337 e. The summed E-state index contributed by atoms with van der Waals surface area (Å²) >= 11 is 0. The van der Waals surface area contributed by atoms with Crippen LogP contribution in [0.2, 0.25) is 0 Å². The third-order valence-electron chi connectivity index (χ3n) is 4.70. The van der Waals surface area contributed by atoms with Gasteiger partial charge in [0.05, 0.1) is 12.6 Å². The Kier molecular flexibility index (Phi) is 8.83. The highest BCUT2D eigenvalue weighted by Crippen LogP contribution is 2.22. The number of benzene rings is 2. The summed E-state index contributed by atoms with van der Waals surface area (Å²) in [5.74, 6) is -0.766. The number of esters is 1. The predicted molar refractivity (Wildman–Crippen MR) is 114 cm³/mol. The SMILES string of the molecule is CCOC(=O)C(Cc1ccccc1)(NC(=O)N[C@H](C)c1ccccc1)C(O)OCC. The van der Waals surface area contributed by atoms with Crippen molar-refractivity contribution in [3.63, 3.8) is 0 Å². The number of carbonyl (C=O) groups excluding carboxylic acids is 2. The Bertz CT molecular complexity index is 800. The van der Waals surface area contributed by atoms with Crippen molar-refractivity contribution >= 4 is 12.0 Å². The molecule has 0 saturated carbocycles. The van der Waals surface area contributed by atoms with Gasteiger partial charge in [0.15, 0.2) is 11.8 Å². The van der Waals surface area contributed by atoms with Crippen LogP contribution in [0, 0.1) is 0 Å². The zero-order valence-electron chi connectivity index (χ0n) is 17.6. The minimum Gasteiger partial charge on any atom is -0.464 e. The van der Waals surface area contributed by atoms with E-state index in [0.29, 0.717) is 0 Å². The van der Waals surface area contributed by atoms with Gasteiger partial charge in [-0.15, -0.1) is 0 Å². The average molecular weight is 415 g/mol. The van der Waals surface area contributed by atoms with Crippen LogP contribution in [0.25, 0.3) is 0 Å². The molecular weight excluding hydrogens is 384 g/mol. The second kappa shape index (κ2) is 11.3. The molecule has 0 aliphatic rings. The first-order valence-corrected chi connectivity index (χ1v) is 10.1. The van der Waals surface area contributed by atoms with Gasteiger partial charge < -0.3 is 25.2 Å². The average Bonchev–Trinajstić information content (AvgIpc) is 2.74. The van der Waals surface area contributed by atoms with Crippen LogP contribution in [0.5, 0.6) is 0 Å². The van der Waals surface area contributed by atoms with Gasteiger partial charge in [-0.3, -0.25) is 0 Å².